The van der Waals surface area contributed by atoms with Gasteiger partial charge in [-0.25, -0.2) is 0 Å². The predicted molar refractivity (Wildman–Crippen MR) is 81.4 cm³/mol. The van der Waals surface area contributed by atoms with Gasteiger partial charge in [0.05, 0.1) is 0 Å². The van der Waals surface area contributed by atoms with Crippen LogP contribution in [0.3, 0.4) is 0 Å². The Morgan fingerprint density at radius 3 is 2.58 bits per heavy atom. The lowest BCUT2D eigenvalue weighted by molar-refractivity contribution is 0.325. The molecule has 3 heteroatoms. The van der Waals surface area contributed by atoms with E-state index in [2.05, 4.69) is 54.1 Å². The van der Waals surface area contributed by atoms with E-state index in [1.165, 1.54) is 44.5 Å². The molecule has 2 heterocycles. The molecular formula is C16H29N3. The fraction of sp³-hybridized carbons (Fsp3) is 0.750. The second-order valence-electron chi connectivity index (χ2n) is 6.10. The van der Waals surface area contributed by atoms with Crippen LogP contribution in [0.2, 0.25) is 0 Å². The van der Waals surface area contributed by atoms with Crippen molar-refractivity contribution >= 4 is 0 Å². The van der Waals surface area contributed by atoms with Crippen molar-refractivity contribution in [2.45, 2.75) is 45.7 Å². The Morgan fingerprint density at radius 2 is 1.95 bits per heavy atom. The zero-order chi connectivity index (χ0) is 13.7. The van der Waals surface area contributed by atoms with Crippen molar-refractivity contribution in [3.8, 4) is 0 Å². The molecular weight excluding hydrogens is 234 g/mol. The summed E-state index contributed by atoms with van der Waals surface area (Å²) in [6.07, 6.45) is 8.59. The molecule has 0 saturated carbocycles. The van der Waals surface area contributed by atoms with Crippen LogP contribution in [0.15, 0.2) is 18.5 Å². The highest BCUT2D eigenvalue weighted by Crippen LogP contribution is 2.21. The van der Waals surface area contributed by atoms with Gasteiger partial charge in [0.2, 0.25) is 0 Å². The molecule has 1 aliphatic heterocycles. The first kappa shape index (κ1) is 14.6. The Kier molecular flexibility index (Phi) is 5.46. The Bertz CT molecular complexity index is 364. The predicted octanol–water partition coefficient (Wildman–Crippen LogP) is 2.89. The van der Waals surface area contributed by atoms with Crippen LogP contribution in [0, 0.1) is 5.92 Å². The van der Waals surface area contributed by atoms with E-state index in [0.717, 1.165) is 6.54 Å². The first-order chi connectivity index (χ1) is 9.20. The lowest BCUT2D eigenvalue weighted by Gasteiger charge is -2.19. The van der Waals surface area contributed by atoms with Gasteiger partial charge >= 0.3 is 0 Å². The minimum atomic E-state index is 0.472. The van der Waals surface area contributed by atoms with Crippen LogP contribution >= 0.6 is 0 Å². The normalized spacial score (nSPS) is 18.3. The van der Waals surface area contributed by atoms with Gasteiger partial charge in [0.15, 0.2) is 0 Å². The molecule has 108 valence electrons. The fourth-order valence-corrected chi connectivity index (χ4v) is 3.15. The summed E-state index contributed by atoms with van der Waals surface area (Å²) in [5, 5.41) is 3.41. The number of hydrogen-bond donors (Lipinski definition) is 1. The van der Waals surface area contributed by atoms with E-state index in [9.17, 15) is 0 Å². The van der Waals surface area contributed by atoms with Gasteiger partial charge < -0.3 is 14.8 Å². The van der Waals surface area contributed by atoms with Crippen molar-refractivity contribution in [2.24, 2.45) is 5.92 Å². The summed E-state index contributed by atoms with van der Waals surface area (Å²) in [5.74, 6) is 0.630. The summed E-state index contributed by atoms with van der Waals surface area (Å²) in [7, 11) is 2.05. The summed E-state index contributed by atoms with van der Waals surface area (Å²) in [5.41, 5.74) is 1.42. The zero-order valence-corrected chi connectivity index (χ0v) is 12.7. The summed E-state index contributed by atoms with van der Waals surface area (Å²) < 4.78 is 2.35. The van der Waals surface area contributed by atoms with Gasteiger partial charge in [-0.1, -0.05) is 13.8 Å². The SMILES string of the molecule is CNC(c1ccn(CCCN2CCCC2)c1)C(C)C. The van der Waals surface area contributed by atoms with E-state index < -0.39 is 0 Å². The Balaban J connectivity index is 1.79. The summed E-state index contributed by atoms with van der Waals surface area (Å²) in [6.45, 7) is 9.56. The third-order valence-electron chi connectivity index (χ3n) is 4.20. The molecule has 1 unspecified atom stereocenters. The van der Waals surface area contributed by atoms with Gasteiger partial charge in [0, 0.05) is 25.0 Å². The van der Waals surface area contributed by atoms with Crippen molar-refractivity contribution in [1.82, 2.24) is 14.8 Å². The quantitative estimate of drug-likeness (QED) is 0.816. The van der Waals surface area contributed by atoms with Crippen molar-refractivity contribution in [1.29, 1.82) is 0 Å². The molecule has 1 aromatic heterocycles. The second kappa shape index (κ2) is 7.11. The van der Waals surface area contributed by atoms with Gasteiger partial charge in [-0.2, -0.15) is 0 Å². The van der Waals surface area contributed by atoms with Crippen LogP contribution < -0.4 is 5.32 Å². The van der Waals surface area contributed by atoms with E-state index in [-0.39, 0.29) is 0 Å². The van der Waals surface area contributed by atoms with Gasteiger partial charge in [0.1, 0.15) is 0 Å². The monoisotopic (exact) mass is 263 g/mol. The van der Waals surface area contributed by atoms with Gasteiger partial charge in [-0.05, 0) is 63.5 Å². The molecule has 0 aromatic carbocycles. The molecule has 1 N–H and O–H groups in total. The molecule has 0 bridgehead atoms. The maximum Gasteiger partial charge on any atom is 0.0355 e. The highest BCUT2D eigenvalue weighted by molar-refractivity contribution is 5.16. The van der Waals surface area contributed by atoms with E-state index in [1.807, 2.05) is 0 Å². The number of likely N-dealkylation sites (tertiary alicyclic amines) is 1. The zero-order valence-electron chi connectivity index (χ0n) is 12.7. The van der Waals surface area contributed by atoms with Crippen LogP contribution in [0.1, 0.15) is 44.7 Å². The molecule has 0 spiro atoms. The molecule has 1 aliphatic rings. The van der Waals surface area contributed by atoms with Crippen LogP contribution in [-0.4, -0.2) is 36.1 Å². The van der Waals surface area contributed by atoms with Crippen molar-refractivity contribution in [3.63, 3.8) is 0 Å². The van der Waals surface area contributed by atoms with Gasteiger partial charge in [-0.3, -0.25) is 0 Å². The average Bonchev–Trinajstić information content (AvgIpc) is 3.02. The summed E-state index contributed by atoms with van der Waals surface area (Å²) in [4.78, 5) is 2.59. The molecule has 1 aromatic rings. The summed E-state index contributed by atoms with van der Waals surface area (Å²) >= 11 is 0. The third kappa shape index (κ3) is 4.08. The average molecular weight is 263 g/mol. The Hall–Kier alpha value is -0.800. The standard InChI is InChI=1S/C16H29N3/c1-14(2)16(17-3)15-7-12-19(13-15)11-6-10-18-8-4-5-9-18/h7,12-14,16-17H,4-6,8-11H2,1-3H3. The van der Waals surface area contributed by atoms with Crippen molar-refractivity contribution < 1.29 is 0 Å². The first-order valence-electron chi connectivity index (χ1n) is 7.76. The molecule has 19 heavy (non-hydrogen) atoms. The number of hydrogen-bond acceptors (Lipinski definition) is 2. The maximum atomic E-state index is 3.41. The smallest absolute Gasteiger partial charge is 0.0355 e. The highest BCUT2D eigenvalue weighted by Gasteiger charge is 2.14. The number of rotatable bonds is 7. The van der Waals surface area contributed by atoms with Crippen molar-refractivity contribution in [2.75, 3.05) is 26.7 Å². The molecule has 2 rings (SSSR count). The van der Waals surface area contributed by atoms with E-state index in [0.29, 0.717) is 12.0 Å². The number of aromatic nitrogens is 1. The lowest BCUT2D eigenvalue weighted by Crippen LogP contribution is -2.22. The third-order valence-corrected chi connectivity index (χ3v) is 4.20. The largest absolute Gasteiger partial charge is 0.354 e. The highest BCUT2D eigenvalue weighted by atomic mass is 15.1. The topological polar surface area (TPSA) is 20.2 Å². The van der Waals surface area contributed by atoms with Gasteiger partial charge in [-0.15, -0.1) is 0 Å². The van der Waals surface area contributed by atoms with E-state index in [4.69, 9.17) is 0 Å². The molecule has 0 aliphatic carbocycles. The second-order valence-corrected chi connectivity index (χ2v) is 6.10. The minimum absolute atomic E-state index is 0.472. The van der Waals surface area contributed by atoms with Crippen LogP contribution in [0.4, 0.5) is 0 Å². The molecule has 1 atom stereocenters. The number of aryl methyl sites for hydroxylation is 1. The van der Waals surface area contributed by atoms with Crippen LogP contribution in [-0.2, 0) is 6.54 Å². The van der Waals surface area contributed by atoms with Crippen LogP contribution in [0.25, 0.3) is 0 Å². The molecule has 0 radical (unpaired) electrons. The maximum absolute atomic E-state index is 3.41. The lowest BCUT2D eigenvalue weighted by atomic mass is 9.99. The molecule has 0 amide bonds. The number of nitrogens with one attached hydrogen (secondary N) is 1. The molecule has 3 nitrogen and oxygen atoms in total. The van der Waals surface area contributed by atoms with Crippen LogP contribution in [0.5, 0.6) is 0 Å². The summed E-state index contributed by atoms with van der Waals surface area (Å²) in [6, 6.07) is 2.73. The van der Waals surface area contributed by atoms with E-state index in [1.54, 1.807) is 0 Å². The molecule has 1 saturated heterocycles. The fourth-order valence-electron chi connectivity index (χ4n) is 3.15. The minimum Gasteiger partial charge on any atom is -0.354 e. The Labute approximate surface area is 118 Å². The van der Waals surface area contributed by atoms with Gasteiger partial charge in [0.25, 0.3) is 0 Å². The number of nitrogens with zero attached hydrogens (tertiary/aromatic N) is 2. The Morgan fingerprint density at radius 1 is 1.21 bits per heavy atom. The first-order valence-corrected chi connectivity index (χ1v) is 7.76. The van der Waals surface area contributed by atoms with E-state index >= 15 is 0 Å². The molecule has 1 fully saturated rings. The van der Waals surface area contributed by atoms with Crippen molar-refractivity contribution in [3.05, 3.63) is 24.0 Å².